The second-order valence-electron chi connectivity index (χ2n) is 3.45. The molecule has 0 aromatic heterocycles. The Morgan fingerprint density at radius 3 is 2.56 bits per heavy atom. The number of hydrogen-bond acceptors (Lipinski definition) is 4. The van der Waals surface area contributed by atoms with E-state index in [1.165, 1.54) is 12.1 Å². The van der Waals surface area contributed by atoms with Gasteiger partial charge in [-0.25, -0.2) is 13.6 Å². The molecule has 0 atom stereocenters. The third kappa shape index (κ3) is 3.39. The number of hydrogen-bond donors (Lipinski definition) is 2. The van der Waals surface area contributed by atoms with Gasteiger partial charge in [0.15, 0.2) is 0 Å². The number of rotatable bonds is 5. The van der Waals surface area contributed by atoms with Crippen LogP contribution >= 0.6 is 0 Å². The van der Waals surface area contributed by atoms with Crippen LogP contribution in [-0.2, 0) is 10.0 Å². The van der Waals surface area contributed by atoms with Gasteiger partial charge in [-0.15, -0.1) is 0 Å². The van der Waals surface area contributed by atoms with Gasteiger partial charge in [-0.1, -0.05) is 13.3 Å². The first-order valence-electron chi connectivity index (χ1n) is 5.00. The zero-order valence-corrected chi connectivity index (χ0v) is 9.96. The number of unbranched alkanes of at least 4 members (excludes halogenated alkanes) is 1. The molecule has 0 radical (unpaired) electrons. The van der Waals surface area contributed by atoms with Gasteiger partial charge in [0.1, 0.15) is 10.6 Å². The van der Waals surface area contributed by atoms with Crippen LogP contribution in [0.3, 0.4) is 0 Å². The van der Waals surface area contributed by atoms with E-state index in [1.54, 1.807) is 6.07 Å². The Balaban J connectivity index is 2.83. The number of benzene rings is 1. The summed E-state index contributed by atoms with van der Waals surface area (Å²) in [4.78, 5) is -0.0738. The SMILES string of the molecule is CCCCOc1ccc(S(N)(=O)=O)c(N)c1. The number of nitrogen functional groups attached to an aromatic ring is 1. The van der Waals surface area contributed by atoms with Crippen LogP contribution in [0.5, 0.6) is 5.75 Å². The van der Waals surface area contributed by atoms with Crippen molar-refractivity contribution in [1.82, 2.24) is 0 Å². The van der Waals surface area contributed by atoms with Crippen LogP contribution in [0.1, 0.15) is 19.8 Å². The minimum Gasteiger partial charge on any atom is -0.494 e. The van der Waals surface area contributed by atoms with Crippen molar-refractivity contribution in [1.29, 1.82) is 0 Å². The molecule has 0 bridgehead atoms. The predicted octanol–water partition coefficient (Wildman–Crippen LogP) is 1.10. The molecule has 1 aromatic rings. The van der Waals surface area contributed by atoms with E-state index in [0.29, 0.717) is 12.4 Å². The number of primary sulfonamides is 1. The summed E-state index contributed by atoms with van der Waals surface area (Å²) in [6.45, 7) is 2.65. The van der Waals surface area contributed by atoms with Crippen molar-refractivity contribution in [3.63, 3.8) is 0 Å². The Labute approximate surface area is 95.4 Å². The fourth-order valence-corrected chi connectivity index (χ4v) is 1.85. The summed E-state index contributed by atoms with van der Waals surface area (Å²) >= 11 is 0. The van der Waals surface area contributed by atoms with E-state index < -0.39 is 10.0 Å². The van der Waals surface area contributed by atoms with Gasteiger partial charge in [0.05, 0.1) is 12.3 Å². The Morgan fingerprint density at radius 1 is 1.38 bits per heavy atom. The third-order valence-corrected chi connectivity index (χ3v) is 3.04. The molecular formula is C10H16N2O3S. The summed E-state index contributed by atoms with van der Waals surface area (Å²) < 4.78 is 27.5. The molecule has 4 N–H and O–H groups in total. The van der Waals surface area contributed by atoms with Gasteiger partial charge in [0, 0.05) is 6.07 Å². The summed E-state index contributed by atoms with van der Waals surface area (Å²) in [6, 6.07) is 4.37. The fraction of sp³-hybridized carbons (Fsp3) is 0.400. The maximum atomic E-state index is 11.1. The molecule has 0 amide bonds. The zero-order chi connectivity index (χ0) is 12.2. The lowest BCUT2D eigenvalue weighted by molar-refractivity contribution is 0.309. The van der Waals surface area contributed by atoms with Gasteiger partial charge in [0.2, 0.25) is 10.0 Å². The lowest BCUT2D eigenvalue weighted by atomic mass is 10.3. The topological polar surface area (TPSA) is 95.4 Å². The Hall–Kier alpha value is -1.27. The van der Waals surface area contributed by atoms with Gasteiger partial charge in [-0.05, 0) is 18.6 Å². The largest absolute Gasteiger partial charge is 0.494 e. The van der Waals surface area contributed by atoms with Gasteiger partial charge in [-0.3, -0.25) is 0 Å². The van der Waals surface area contributed by atoms with Crippen molar-refractivity contribution < 1.29 is 13.2 Å². The highest BCUT2D eigenvalue weighted by atomic mass is 32.2. The molecule has 1 aromatic carbocycles. The maximum Gasteiger partial charge on any atom is 0.240 e. The number of anilines is 1. The molecule has 0 aliphatic heterocycles. The van der Waals surface area contributed by atoms with E-state index in [1.807, 2.05) is 0 Å². The molecule has 0 fully saturated rings. The van der Waals surface area contributed by atoms with Crippen LogP contribution < -0.4 is 15.6 Å². The molecule has 0 aliphatic carbocycles. The number of nitrogens with two attached hydrogens (primary N) is 2. The van der Waals surface area contributed by atoms with Gasteiger partial charge >= 0.3 is 0 Å². The molecule has 6 heteroatoms. The predicted molar refractivity (Wildman–Crippen MR) is 62.6 cm³/mol. The molecule has 90 valence electrons. The summed E-state index contributed by atoms with van der Waals surface area (Å²) in [5.41, 5.74) is 5.68. The lowest BCUT2D eigenvalue weighted by Gasteiger charge is -2.08. The Bertz CT molecular complexity index is 457. The first kappa shape index (κ1) is 12.8. The Kier molecular flexibility index (Phi) is 4.14. The van der Waals surface area contributed by atoms with Crippen LogP contribution in [0, 0.1) is 0 Å². The van der Waals surface area contributed by atoms with E-state index in [2.05, 4.69) is 6.92 Å². The smallest absolute Gasteiger partial charge is 0.240 e. The quantitative estimate of drug-likeness (QED) is 0.598. The van der Waals surface area contributed by atoms with Crippen molar-refractivity contribution in [2.24, 2.45) is 5.14 Å². The van der Waals surface area contributed by atoms with Gasteiger partial charge in [-0.2, -0.15) is 0 Å². The summed E-state index contributed by atoms with van der Waals surface area (Å²) in [5, 5.41) is 4.98. The van der Waals surface area contributed by atoms with Crippen molar-refractivity contribution in [2.45, 2.75) is 24.7 Å². The number of sulfonamides is 1. The van der Waals surface area contributed by atoms with Gasteiger partial charge in [0.25, 0.3) is 0 Å². The van der Waals surface area contributed by atoms with E-state index in [9.17, 15) is 8.42 Å². The second kappa shape index (κ2) is 5.18. The molecular weight excluding hydrogens is 228 g/mol. The van der Waals surface area contributed by atoms with E-state index >= 15 is 0 Å². The van der Waals surface area contributed by atoms with Crippen molar-refractivity contribution in [3.05, 3.63) is 18.2 Å². The normalized spacial score (nSPS) is 11.4. The first-order valence-corrected chi connectivity index (χ1v) is 6.55. The van der Waals surface area contributed by atoms with Crippen molar-refractivity contribution in [3.8, 4) is 5.75 Å². The maximum absolute atomic E-state index is 11.1. The Morgan fingerprint density at radius 2 is 2.06 bits per heavy atom. The summed E-state index contributed by atoms with van der Waals surface area (Å²) in [7, 11) is -3.76. The van der Waals surface area contributed by atoms with Gasteiger partial charge < -0.3 is 10.5 Å². The lowest BCUT2D eigenvalue weighted by Crippen LogP contribution is -2.14. The van der Waals surface area contributed by atoms with Crippen LogP contribution in [0.15, 0.2) is 23.1 Å². The molecule has 0 saturated carbocycles. The highest BCUT2D eigenvalue weighted by Gasteiger charge is 2.12. The molecule has 0 saturated heterocycles. The fourth-order valence-electron chi connectivity index (χ4n) is 1.21. The standard InChI is InChI=1S/C10H16N2O3S/c1-2-3-6-15-8-4-5-10(9(11)7-8)16(12,13)14/h4-5,7H,2-3,6,11H2,1H3,(H2,12,13,14). The average molecular weight is 244 g/mol. The minimum absolute atomic E-state index is 0.0738. The minimum atomic E-state index is -3.76. The number of ether oxygens (including phenoxy) is 1. The van der Waals surface area contributed by atoms with Crippen LogP contribution in [-0.4, -0.2) is 15.0 Å². The molecule has 0 aliphatic rings. The molecule has 0 heterocycles. The van der Waals surface area contributed by atoms with E-state index in [-0.39, 0.29) is 10.6 Å². The molecule has 5 nitrogen and oxygen atoms in total. The first-order chi connectivity index (χ1) is 7.45. The van der Waals surface area contributed by atoms with Crippen molar-refractivity contribution >= 4 is 15.7 Å². The zero-order valence-electron chi connectivity index (χ0n) is 9.14. The average Bonchev–Trinajstić information content (AvgIpc) is 2.16. The monoisotopic (exact) mass is 244 g/mol. The second-order valence-corrected chi connectivity index (χ2v) is 4.98. The molecule has 0 spiro atoms. The highest BCUT2D eigenvalue weighted by Crippen LogP contribution is 2.22. The summed E-state index contributed by atoms with van der Waals surface area (Å²) in [5.74, 6) is 0.554. The molecule has 0 unspecified atom stereocenters. The third-order valence-electron chi connectivity index (χ3n) is 2.05. The summed E-state index contributed by atoms with van der Waals surface area (Å²) in [6.07, 6.45) is 1.97. The van der Waals surface area contributed by atoms with E-state index in [4.69, 9.17) is 15.6 Å². The van der Waals surface area contributed by atoms with Crippen LogP contribution in [0.25, 0.3) is 0 Å². The van der Waals surface area contributed by atoms with Crippen LogP contribution in [0.4, 0.5) is 5.69 Å². The van der Waals surface area contributed by atoms with Crippen molar-refractivity contribution in [2.75, 3.05) is 12.3 Å². The van der Waals surface area contributed by atoms with Crippen LogP contribution in [0.2, 0.25) is 0 Å². The molecule has 1 rings (SSSR count). The highest BCUT2D eigenvalue weighted by molar-refractivity contribution is 7.89. The molecule has 16 heavy (non-hydrogen) atoms. The van der Waals surface area contributed by atoms with E-state index in [0.717, 1.165) is 12.8 Å².